The van der Waals surface area contributed by atoms with Gasteiger partial charge in [-0.25, -0.2) is 4.39 Å². The number of aliphatic hydroxyl groups excluding tert-OH is 1. The van der Waals surface area contributed by atoms with Gasteiger partial charge in [-0.1, -0.05) is 39.0 Å². The van der Waals surface area contributed by atoms with Crippen molar-refractivity contribution in [2.45, 2.75) is 39.7 Å². The van der Waals surface area contributed by atoms with Crippen LogP contribution in [-0.2, 0) is 6.42 Å². The van der Waals surface area contributed by atoms with E-state index in [9.17, 15) is 9.50 Å². The van der Waals surface area contributed by atoms with Crippen LogP contribution in [0.3, 0.4) is 0 Å². The molecule has 1 N–H and O–H groups in total. The number of hydrogen-bond acceptors (Lipinski definition) is 1. The molecule has 1 unspecified atom stereocenters. The van der Waals surface area contributed by atoms with Crippen molar-refractivity contribution in [2.24, 2.45) is 5.41 Å². The van der Waals surface area contributed by atoms with Gasteiger partial charge in [-0.15, -0.1) is 0 Å². The minimum absolute atomic E-state index is 0.164. The van der Waals surface area contributed by atoms with E-state index in [4.69, 9.17) is 0 Å². The molecule has 0 aliphatic rings. The molecule has 84 valence electrons. The van der Waals surface area contributed by atoms with Crippen molar-refractivity contribution >= 4 is 0 Å². The first-order valence-electron chi connectivity index (χ1n) is 5.39. The van der Waals surface area contributed by atoms with Crippen molar-refractivity contribution in [3.05, 3.63) is 35.6 Å². The molecule has 0 radical (unpaired) electrons. The van der Waals surface area contributed by atoms with Crippen LogP contribution in [0.1, 0.15) is 32.8 Å². The van der Waals surface area contributed by atoms with Gasteiger partial charge in [-0.3, -0.25) is 0 Å². The van der Waals surface area contributed by atoms with Crippen LogP contribution in [0.2, 0.25) is 0 Å². The van der Waals surface area contributed by atoms with E-state index >= 15 is 0 Å². The summed E-state index contributed by atoms with van der Waals surface area (Å²) in [4.78, 5) is 0. The third-order valence-electron chi connectivity index (χ3n) is 3.18. The second kappa shape index (κ2) is 4.75. The summed E-state index contributed by atoms with van der Waals surface area (Å²) in [5.41, 5.74) is 0.425. The van der Waals surface area contributed by atoms with Crippen molar-refractivity contribution in [1.82, 2.24) is 0 Å². The lowest BCUT2D eigenvalue weighted by molar-refractivity contribution is 0.0473. The molecular formula is C13H19FO. The topological polar surface area (TPSA) is 20.2 Å². The third-order valence-corrected chi connectivity index (χ3v) is 3.18. The Morgan fingerprint density at radius 3 is 2.47 bits per heavy atom. The quantitative estimate of drug-likeness (QED) is 0.809. The molecule has 15 heavy (non-hydrogen) atoms. The molecule has 0 saturated heterocycles. The second-order valence-electron chi connectivity index (χ2n) is 4.65. The van der Waals surface area contributed by atoms with Gasteiger partial charge in [0, 0.05) is 6.42 Å². The van der Waals surface area contributed by atoms with Gasteiger partial charge in [-0.2, -0.15) is 0 Å². The lowest BCUT2D eigenvalue weighted by Gasteiger charge is -2.29. The highest BCUT2D eigenvalue weighted by atomic mass is 19.1. The Labute approximate surface area is 90.9 Å². The van der Waals surface area contributed by atoms with Crippen molar-refractivity contribution in [3.8, 4) is 0 Å². The monoisotopic (exact) mass is 210 g/mol. The normalized spacial score (nSPS) is 13.9. The maximum atomic E-state index is 13.3. The molecule has 0 fully saturated rings. The Bertz CT molecular complexity index is 320. The molecule has 0 aliphatic carbocycles. The first-order chi connectivity index (χ1) is 6.97. The van der Waals surface area contributed by atoms with Gasteiger partial charge >= 0.3 is 0 Å². The van der Waals surface area contributed by atoms with Crippen LogP contribution in [0.4, 0.5) is 4.39 Å². The molecular weight excluding hydrogens is 191 g/mol. The fraction of sp³-hybridized carbons (Fsp3) is 0.538. The highest BCUT2D eigenvalue weighted by molar-refractivity contribution is 5.18. The van der Waals surface area contributed by atoms with E-state index in [1.165, 1.54) is 6.07 Å². The van der Waals surface area contributed by atoms with E-state index < -0.39 is 6.10 Å². The molecule has 0 heterocycles. The predicted molar refractivity (Wildman–Crippen MR) is 60.2 cm³/mol. The largest absolute Gasteiger partial charge is 0.392 e. The summed E-state index contributed by atoms with van der Waals surface area (Å²) in [6, 6.07) is 6.62. The maximum absolute atomic E-state index is 13.3. The van der Waals surface area contributed by atoms with Crippen molar-refractivity contribution in [3.63, 3.8) is 0 Å². The van der Waals surface area contributed by atoms with Gasteiger partial charge in [0.25, 0.3) is 0 Å². The van der Waals surface area contributed by atoms with Gasteiger partial charge in [0.05, 0.1) is 6.10 Å². The van der Waals surface area contributed by atoms with Crippen LogP contribution in [0.5, 0.6) is 0 Å². The molecule has 1 atom stereocenters. The van der Waals surface area contributed by atoms with Crippen molar-refractivity contribution in [1.29, 1.82) is 0 Å². The summed E-state index contributed by atoms with van der Waals surface area (Å²) in [6.07, 6.45) is 0.759. The molecule has 2 heteroatoms. The zero-order chi connectivity index (χ0) is 11.5. The summed E-state index contributed by atoms with van der Waals surface area (Å²) < 4.78 is 13.3. The number of rotatable bonds is 4. The van der Waals surface area contributed by atoms with E-state index in [2.05, 4.69) is 0 Å². The summed E-state index contributed by atoms with van der Waals surface area (Å²) in [5.74, 6) is -0.233. The summed E-state index contributed by atoms with van der Waals surface area (Å²) in [6.45, 7) is 6.03. The number of aliphatic hydroxyl groups is 1. The van der Waals surface area contributed by atoms with Gasteiger partial charge in [0.15, 0.2) is 0 Å². The van der Waals surface area contributed by atoms with Gasteiger partial charge in [0.1, 0.15) is 5.82 Å². The van der Waals surface area contributed by atoms with Crippen molar-refractivity contribution < 1.29 is 9.50 Å². The molecule has 0 aliphatic heterocycles. The first kappa shape index (κ1) is 12.2. The minimum atomic E-state index is -0.501. The van der Waals surface area contributed by atoms with Crippen LogP contribution in [0, 0.1) is 11.2 Å². The average Bonchev–Trinajstić information content (AvgIpc) is 2.21. The van der Waals surface area contributed by atoms with E-state index in [-0.39, 0.29) is 11.2 Å². The van der Waals surface area contributed by atoms with Crippen LogP contribution < -0.4 is 0 Å². The zero-order valence-electron chi connectivity index (χ0n) is 9.63. The van der Waals surface area contributed by atoms with E-state index in [0.29, 0.717) is 12.0 Å². The molecule has 1 rings (SSSR count). The summed E-state index contributed by atoms with van der Waals surface area (Å²) in [7, 11) is 0. The fourth-order valence-electron chi connectivity index (χ4n) is 1.38. The SMILES string of the molecule is CCC(C)(C)C(O)Cc1ccccc1F. The van der Waals surface area contributed by atoms with Crippen LogP contribution in [0.25, 0.3) is 0 Å². The third kappa shape index (κ3) is 3.03. The molecule has 1 aromatic rings. The molecule has 1 nitrogen and oxygen atoms in total. The highest BCUT2D eigenvalue weighted by Crippen LogP contribution is 2.27. The molecule has 0 amide bonds. The van der Waals surface area contributed by atoms with E-state index in [1.54, 1.807) is 18.2 Å². The average molecular weight is 210 g/mol. The van der Waals surface area contributed by atoms with E-state index in [1.807, 2.05) is 20.8 Å². The van der Waals surface area contributed by atoms with Crippen LogP contribution in [-0.4, -0.2) is 11.2 Å². The van der Waals surface area contributed by atoms with Gasteiger partial charge in [-0.05, 0) is 23.5 Å². The number of hydrogen-bond donors (Lipinski definition) is 1. The standard InChI is InChI=1S/C13H19FO/c1-4-13(2,3)12(15)9-10-7-5-6-8-11(10)14/h5-8,12,15H,4,9H2,1-3H3. The summed E-state index contributed by atoms with van der Waals surface area (Å²) in [5, 5.41) is 9.99. The predicted octanol–water partition coefficient (Wildman–Crippen LogP) is 3.17. The Morgan fingerprint density at radius 1 is 1.33 bits per heavy atom. The van der Waals surface area contributed by atoms with Crippen LogP contribution in [0.15, 0.2) is 24.3 Å². The van der Waals surface area contributed by atoms with E-state index in [0.717, 1.165) is 6.42 Å². The zero-order valence-corrected chi connectivity index (χ0v) is 9.63. The molecule has 0 saturated carbocycles. The Balaban J connectivity index is 2.75. The van der Waals surface area contributed by atoms with Crippen molar-refractivity contribution in [2.75, 3.05) is 0 Å². The lowest BCUT2D eigenvalue weighted by Crippen LogP contribution is -2.30. The second-order valence-corrected chi connectivity index (χ2v) is 4.65. The Hall–Kier alpha value is -0.890. The fourth-order valence-corrected chi connectivity index (χ4v) is 1.38. The van der Waals surface area contributed by atoms with Gasteiger partial charge < -0.3 is 5.11 Å². The number of benzene rings is 1. The Kier molecular flexibility index (Phi) is 3.86. The maximum Gasteiger partial charge on any atom is 0.126 e. The number of halogens is 1. The molecule has 0 aromatic heterocycles. The Morgan fingerprint density at radius 2 is 1.93 bits per heavy atom. The molecule has 1 aromatic carbocycles. The highest BCUT2D eigenvalue weighted by Gasteiger charge is 2.26. The first-order valence-corrected chi connectivity index (χ1v) is 5.39. The molecule has 0 bridgehead atoms. The summed E-state index contributed by atoms with van der Waals surface area (Å²) >= 11 is 0. The molecule has 0 spiro atoms. The lowest BCUT2D eigenvalue weighted by atomic mass is 9.81. The smallest absolute Gasteiger partial charge is 0.126 e. The van der Waals surface area contributed by atoms with Crippen LogP contribution >= 0.6 is 0 Å². The minimum Gasteiger partial charge on any atom is -0.392 e. The van der Waals surface area contributed by atoms with Gasteiger partial charge in [0.2, 0.25) is 0 Å².